The van der Waals surface area contributed by atoms with Crippen LogP contribution in [0.2, 0.25) is 5.02 Å². The summed E-state index contributed by atoms with van der Waals surface area (Å²) < 4.78 is 0. The molecule has 0 atom stereocenters. The van der Waals surface area contributed by atoms with Crippen molar-refractivity contribution < 1.29 is 9.90 Å². The monoisotopic (exact) mass is 428 g/mol. The molecule has 1 amide bonds. The molecule has 1 N–H and O–H groups in total. The molecule has 7 heteroatoms. The highest BCUT2D eigenvalue weighted by atomic mass is 35.5. The summed E-state index contributed by atoms with van der Waals surface area (Å²) in [4.78, 5) is 21.7. The van der Waals surface area contributed by atoms with E-state index in [0.717, 1.165) is 69.6 Å². The van der Waals surface area contributed by atoms with Gasteiger partial charge in [0.15, 0.2) is 0 Å². The van der Waals surface area contributed by atoms with E-state index in [9.17, 15) is 9.90 Å². The predicted octanol–water partition coefficient (Wildman–Crippen LogP) is 2.51. The minimum atomic E-state index is 0.235. The lowest BCUT2D eigenvalue weighted by atomic mass is 10.2. The number of rotatable bonds is 5. The number of hydrogen-bond donors (Lipinski definition) is 1. The Morgan fingerprint density at radius 3 is 2.03 bits per heavy atom. The van der Waals surface area contributed by atoms with Gasteiger partial charge in [-0.25, -0.2) is 0 Å². The zero-order valence-electron chi connectivity index (χ0n) is 17.2. The molecule has 0 aliphatic carbocycles. The van der Waals surface area contributed by atoms with E-state index in [1.54, 1.807) is 12.1 Å². The number of nitrogens with zero attached hydrogens (tertiary/aromatic N) is 4. The SMILES string of the molecule is O=C(CN1CCN(c2ccc(O)cc2)CC1)N1CCN(Cc2ccc(Cl)cc2)CC1. The van der Waals surface area contributed by atoms with Gasteiger partial charge in [0.05, 0.1) is 6.54 Å². The molecule has 0 aromatic heterocycles. The molecule has 2 heterocycles. The summed E-state index contributed by atoms with van der Waals surface area (Å²) in [6, 6.07) is 15.3. The summed E-state index contributed by atoms with van der Waals surface area (Å²) in [6.45, 7) is 8.34. The maximum Gasteiger partial charge on any atom is 0.236 e. The van der Waals surface area contributed by atoms with Crippen LogP contribution in [-0.2, 0) is 11.3 Å². The van der Waals surface area contributed by atoms with Crippen LogP contribution in [0.25, 0.3) is 0 Å². The summed E-state index contributed by atoms with van der Waals surface area (Å²) in [7, 11) is 0. The van der Waals surface area contributed by atoms with E-state index < -0.39 is 0 Å². The Bertz CT molecular complexity index is 827. The van der Waals surface area contributed by atoms with Gasteiger partial charge in [-0.2, -0.15) is 0 Å². The zero-order chi connectivity index (χ0) is 20.9. The molecule has 2 aliphatic heterocycles. The Morgan fingerprint density at radius 1 is 0.800 bits per heavy atom. The summed E-state index contributed by atoms with van der Waals surface area (Å²) in [6.07, 6.45) is 0. The molecule has 4 rings (SSSR count). The van der Waals surface area contributed by atoms with Crippen LogP contribution in [0.4, 0.5) is 5.69 Å². The highest BCUT2D eigenvalue weighted by molar-refractivity contribution is 6.30. The molecule has 160 valence electrons. The van der Waals surface area contributed by atoms with Crippen molar-refractivity contribution >= 4 is 23.2 Å². The Balaban J connectivity index is 1.19. The quantitative estimate of drug-likeness (QED) is 0.793. The predicted molar refractivity (Wildman–Crippen MR) is 120 cm³/mol. The number of halogens is 1. The lowest BCUT2D eigenvalue weighted by molar-refractivity contribution is -0.134. The molecule has 2 aliphatic rings. The van der Waals surface area contributed by atoms with Gasteiger partial charge in [-0.05, 0) is 42.0 Å². The molecule has 0 bridgehead atoms. The number of benzene rings is 2. The smallest absolute Gasteiger partial charge is 0.236 e. The summed E-state index contributed by atoms with van der Waals surface area (Å²) in [5, 5.41) is 10.2. The first-order chi connectivity index (χ1) is 14.6. The van der Waals surface area contributed by atoms with E-state index in [0.29, 0.717) is 6.54 Å². The molecule has 30 heavy (non-hydrogen) atoms. The van der Waals surface area contributed by atoms with Crippen molar-refractivity contribution in [1.82, 2.24) is 14.7 Å². The van der Waals surface area contributed by atoms with Crippen LogP contribution in [0.3, 0.4) is 0 Å². The van der Waals surface area contributed by atoms with Crippen LogP contribution in [-0.4, -0.2) is 84.6 Å². The first-order valence-electron chi connectivity index (χ1n) is 10.6. The fourth-order valence-electron chi connectivity index (χ4n) is 4.12. The maximum absolute atomic E-state index is 12.8. The second-order valence-corrected chi connectivity index (χ2v) is 8.50. The first kappa shape index (κ1) is 21.0. The molecule has 2 aromatic rings. The van der Waals surface area contributed by atoms with Gasteiger partial charge in [0.1, 0.15) is 5.75 Å². The second kappa shape index (κ2) is 9.69. The van der Waals surface area contributed by atoms with Crippen LogP contribution in [0.15, 0.2) is 48.5 Å². The number of aromatic hydroxyl groups is 1. The summed E-state index contributed by atoms with van der Waals surface area (Å²) in [5.41, 5.74) is 2.38. The lowest BCUT2D eigenvalue weighted by Crippen LogP contribution is -2.53. The Hall–Kier alpha value is -2.28. The highest BCUT2D eigenvalue weighted by Crippen LogP contribution is 2.20. The van der Waals surface area contributed by atoms with Crippen LogP contribution in [0.5, 0.6) is 5.75 Å². The van der Waals surface area contributed by atoms with Gasteiger partial charge in [-0.3, -0.25) is 14.6 Å². The Kier molecular flexibility index (Phi) is 6.77. The van der Waals surface area contributed by atoms with Crippen molar-refractivity contribution in [2.45, 2.75) is 6.54 Å². The van der Waals surface area contributed by atoms with Crippen LogP contribution >= 0.6 is 11.6 Å². The van der Waals surface area contributed by atoms with Gasteiger partial charge < -0.3 is 14.9 Å². The van der Waals surface area contributed by atoms with Gasteiger partial charge in [0.25, 0.3) is 0 Å². The van der Waals surface area contributed by atoms with Gasteiger partial charge >= 0.3 is 0 Å². The molecule has 0 saturated carbocycles. The van der Waals surface area contributed by atoms with Crippen molar-refractivity contribution in [2.24, 2.45) is 0 Å². The van der Waals surface area contributed by atoms with Crippen LogP contribution in [0, 0.1) is 0 Å². The van der Waals surface area contributed by atoms with Gasteiger partial charge in [0.2, 0.25) is 5.91 Å². The highest BCUT2D eigenvalue weighted by Gasteiger charge is 2.25. The topological polar surface area (TPSA) is 50.3 Å². The van der Waals surface area contributed by atoms with Gasteiger partial charge in [-0.15, -0.1) is 0 Å². The van der Waals surface area contributed by atoms with Gasteiger partial charge in [-0.1, -0.05) is 23.7 Å². The number of amides is 1. The van der Waals surface area contributed by atoms with E-state index >= 15 is 0 Å². The van der Waals surface area contributed by atoms with Crippen molar-refractivity contribution in [3.63, 3.8) is 0 Å². The third-order valence-electron chi connectivity index (χ3n) is 5.99. The Morgan fingerprint density at radius 2 is 1.40 bits per heavy atom. The molecule has 0 unspecified atom stereocenters. The van der Waals surface area contributed by atoms with E-state index in [-0.39, 0.29) is 11.7 Å². The van der Waals surface area contributed by atoms with E-state index in [1.807, 2.05) is 29.2 Å². The van der Waals surface area contributed by atoms with Crippen LogP contribution in [0.1, 0.15) is 5.56 Å². The molecule has 0 radical (unpaired) electrons. The number of phenolic OH excluding ortho intramolecular Hbond substituents is 1. The fourth-order valence-corrected chi connectivity index (χ4v) is 4.25. The van der Waals surface area contributed by atoms with E-state index in [1.165, 1.54) is 5.56 Å². The number of hydrogen-bond acceptors (Lipinski definition) is 5. The van der Waals surface area contributed by atoms with Crippen molar-refractivity contribution in [3.05, 3.63) is 59.1 Å². The second-order valence-electron chi connectivity index (χ2n) is 8.06. The van der Waals surface area contributed by atoms with Crippen molar-refractivity contribution in [1.29, 1.82) is 0 Å². The summed E-state index contributed by atoms with van der Waals surface area (Å²) >= 11 is 5.96. The third-order valence-corrected chi connectivity index (χ3v) is 6.24. The first-order valence-corrected chi connectivity index (χ1v) is 11.0. The number of anilines is 1. The number of piperazine rings is 2. The minimum Gasteiger partial charge on any atom is -0.508 e. The number of carbonyl (C=O) groups is 1. The molecule has 2 fully saturated rings. The average molecular weight is 429 g/mol. The minimum absolute atomic E-state index is 0.235. The molecule has 2 aromatic carbocycles. The summed E-state index contributed by atoms with van der Waals surface area (Å²) in [5.74, 6) is 0.524. The number of phenols is 1. The van der Waals surface area contributed by atoms with Crippen molar-refractivity contribution in [2.75, 3.05) is 63.8 Å². The fraction of sp³-hybridized carbons (Fsp3) is 0.435. The van der Waals surface area contributed by atoms with E-state index in [2.05, 4.69) is 26.8 Å². The van der Waals surface area contributed by atoms with Gasteiger partial charge in [0, 0.05) is 69.6 Å². The zero-order valence-corrected chi connectivity index (χ0v) is 18.0. The molecular formula is C23H29ClN4O2. The molecule has 0 spiro atoms. The largest absolute Gasteiger partial charge is 0.508 e. The van der Waals surface area contributed by atoms with Crippen LogP contribution < -0.4 is 4.90 Å². The van der Waals surface area contributed by atoms with E-state index in [4.69, 9.17) is 11.6 Å². The number of carbonyl (C=O) groups excluding carboxylic acids is 1. The molecule has 6 nitrogen and oxygen atoms in total. The maximum atomic E-state index is 12.8. The molecule has 2 saturated heterocycles. The average Bonchev–Trinajstić information content (AvgIpc) is 2.77. The molecular weight excluding hydrogens is 400 g/mol. The van der Waals surface area contributed by atoms with Crippen molar-refractivity contribution in [3.8, 4) is 5.75 Å². The normalized spacial score (nSPS) is 18.6. The third kappa shape index (κ3) is 5.45. The standard InChI is InChI=1S/C23H29ClN4O2/c24-20-3-1-19(2-4-20)17-25-11-15-28(16-12-25)23(30)18-26-9-13-27(14-10-26)21-5-7-22(29)8-6-21/h1-8,29H,9-18H2. The Labute approximate surface area is 183 Å². The lowest BCUT2D eigenvalue weighted by Gasteiger charge is -2.38.